The third kappa shape index (κ3) is 3.22. The van der Waals surface area contributed by atoms with Gasteiger partial charge in [0.2, 0.25) is 5.91 Å². The van der Waals surface area contributed by atoms with Gasteiger partial charge >= 0.3 is 11.9 Å². The van der Waals surface area contributed by atoms with Crippen molar-refractivity contribution in [3.05, 3.63) is 0 Å². The third-order valence-electron chi connectivity index (χ3n) is 6.08. The van der Waals surface area contributed by atoms with Crippen LogP contribution in [-0.2, 0) is 23.9 Å². The van der Waals surface area contributed by atoms with Crippen molar-refractivity contribution >= 4 is 29.6 Å². The molecule has 1 saturated heterocycles. The molecule has 1 amide bonds. The Morgan fingerprint density at radius 3 is 2.85 bits per heavy atom. The first-order valence-electron chi connectivity index (χ1n) is 9.18. The second kappa shape index (κ2) is 7.38. The van der Waals surface area contributed by atoms with E-state index in [0.29, 0.717) is 12.2 Å². The first kappa shape index (κ1) is 19.5. The minimum atomic E-state index is -1.04. The van der Waals surface area contributed by atoms with Gasteiger partial charge in [0.1, 0.15) is 23.7 Å². The topological polar surface area (TPSA) is 102 Å². The number of rotatable bonds is 6. The molecule has 0 spiro atoms. The second-order valence-corrected chi connectivity index (χ2v) is 8.96. The van der Waals surface area contributed by atoms with Crippen LogP contribution in [0.3, 0.4) is 0 Å². The second-order valence-electron chi connectivity index (χ2n) is 7.68. The standard InChI is InChI=1S/C18H27NO6S/c1-9-8-11-4-5-13-18(11,23)14(17(22)25-13)15(9)26-7-6-12(16(21)24-3)19-10(2)20/h9,11-15,23H,4-8H2,1-3H3,(H,19,20)/t9-,11+,12-,13+,14?,15+,18+/m0/s1. The molecule has 0 bridgehead atoms. The number of carbonyl (C=O) groups is 3. The maximum Gasteiger partial charge on any atom is 0.328 e. The molecule has 0 radical (unpaired) electrons. The predicted octanol–water partition coefficient (Wildman–Crippen LogP) is 0.878. The lowest BCUT2D eigenvalue weighted by Gasteiger charge is -2.44. The Morgan fingerprint density at radius 2 is 2.19 bits per heavy atom. The van der Waals surface area contributed by atoms with E-state index in [1.807, 2.05) is 0 Å². The van der Waals surface area contributed by atoms with Crippen LogP contribution in [0.4, 0.5) is 0 Å². The summed E-state index contributed by atoms with van der Waals surface area (Å²) < 4.78 is 10.2. The lowest BCUT2D eigenvalue weighted by atomic mass is 9.66. The van der Waals surface area contributed by atoms with Crippen molar-refractivity contribution in [2.75, 3.05) is 12.9 Å². The summed E-state index contributed by atoms with van der Waals surface area (Å²) in [5.41, 5.74) is -1.04. The Labute approximate surface area is 157 Å². The van der Waals surface area contributed by atoms with E-state index in [1.54, 1.807) is 11.8 Å². The van der Waals surface area contributed by atoms with Crippen molar-refractivity contribution in [2.24, 2.45) is 17.8 Å². The normalized spacial score (nSPS) is 39.1. The van der Waals surface area contributed by atoms with Gasteiger partial charge in [0, 0.05) is 12.2 Å². The monoisotopic (exact) mass is 385 g/mol. The summed E-state index contributed by atoms with van der Waals surface area (Å²) in [6.07, 6.45) is 2.56. The number of esters is 2. The highest BCUT2D eigenvalue weighted by Crippen LogP contribution is 2.58. The number of nitrogens with one attached hydrogen (secondary N) is 1. The van der Waals surface area contributed by atoms with Gasteiger partial charge < -0.3 is 19.9 Å². The van der Waals surface area contributed by atoms with E-state index in [2.05, 4.69) is 12.2 Å². The molecule has 146 valence electrons. The first-order valence-corrected chi connectivity index (χ1v) is 10.2. The molecule has 3 fully saturated rings. The Kier molecular flexibility index (Phi) is 5.53. The molecule has 2 saturated carbocycles. The summed E-state index contributed by atoms with van der Waals surface area (Å²) in [4.78, 5) is 35.5. The minimum absolute atomic E-state index is 0.0533. The summed E-state index contributed by atoms with van der Waals surface area (Å²) in [7, 11) is 1.29. The molecule has 0 aromatic carbocycles. The first-order chi connectivity index (χ1) is 12.3. The molecule has 3 aliphatic rings. The fourth-order valence-electron chi connectivity index (χ4n) is 4.92. The molecule has 3 rings (SSSR count). The Balaban J connectivity index is 1.66. The number of hydrogen-bond acceptors (Lipinski definition) is 7. The molecule has 7 nitrogen and oxygen atoms in total. The molecular formula is C18H27NO6S. The Bertz CT molecular complexity index is 598. The number of carbonyl (C=O) groups excluding carboxylic acids is 3. The van der Waals surface area contributed by atoms with Crippen molar-refractivity contribution in [1.82, 2.24) is 5.32 Å². The zero-order chi connectivity index (χ0) is 19.1. The molecule has 2 N–H and O–H groups in total. The molecule has 1 heterocycles. The van der Waals surface area contributed by atoms with E-state index < -0.39 is 23.5 Å². The number of ether oxygens (including phenoxy) is 2. The molecular weight excluding hydrogens is 358 g/mol. The molecule has 1 unspecified atom stereocenters. The van der Waals surface area contributed by atoms with Gasteiger partial charge in [0.15, 0.2) is 0 Å². The number of aliphatic hydroxyl groups is 1. The van der Waals surface area contributed by atoms with Crippen molar-refractivity contribution in [2.45, 2.75) is 62.5 Å². The van der Waals surface area contributed by atoms with Crippen LogP contribution >= 0.6 is 11.8 Å². The van der Waals surface area contributed by atoms with Gasteiger partial charge in [0.25, 0.3) is 0 Å². The van der Waals surface area contributed by atoms with E-state index in [4.69, 9.17) is 9.47 Å². The van der Waals surface area contributed by atoms with Crippen LogP contribution in [0.15, 0.2) is 0 Å². The largest absolute Gasteiger partial charge is 0.467 e. The summed E-state index contributed by atoms with van der Waals surface area (Å²) in [5, 5.41) is 13.8. The fraction of sp³-hybridized carbons (Fsp3) is 0.833. The molecule has 7 atom stereocenters. The highest BCUT2D eigenvalue weighted by molar-refractivity contribution is 7.99. The maximum atomic E-state index is 12.4. The highest BCUT2D eigenvalue weighted by Gasteiger charge is 2.68. The van der Waals surface area contributed by atoms with Crippen LogP contribution in [0.1, 0.15) is 39.5 Å². The number of thioether (sulfide) groups is 1. The smallest absolute Gasteiger partial charge is 0.328 e. The minimum Gasteiger partial charge on any atom is -0.467 e. The molecule has 0 aromatic rings. The van der Waals surface area contributed by atoms with E-state index in [0.717, 1.165) is 19.3 Å². The molecule has 0 aromatic heterocycles. The van der Waals surface area contributed by atoms with Gasteiger partial charge in [-0.05, 0) is 43.3 Å². The van der Waals surface area contributed by atoms with Crippen molar-refractivity contribution in [1.29, 1.82) is 0 Å². The highest BCUT2D eigenvalue weighted by atomic mass is 32.2. The van der Waals surface area contributed by atoms with Gasteiger partial charge in [-0.2, -0.15) is 11.8 Å². The number of methoxy groups -OCH3 is 1. The maximum absolute atomic E-state index is 12.4. The zero-order valence-corrected chi connectivity index (χ0v) is 16.2. The molecule has 8 heteroatoms. The number of amides is 1. The van der Waals surface area contributed by atoms with Crippen molar-refractivity contribution in [3.8, 4) is 0 Å². The van der Waals surface area contributed by atoms with Gasteiger partial charge in [-0.1, -0.05) is 6.92 Å². The van der Waals surface area contributed by atoms with Gasteiger partial charge in [-0.25, -0.2) is 4.79 Å². The SMILES string of the molecule is COC(=O)[C@H](CCS[C@H]1C2C(=O)O[C@@H]3CC[C@H](C[C@@H]1C)[C@]23O)NC(C)=O. The lowest BCUT2D eigenvalue weighted by Crippen LogP contribution is -2.55. The Hall–Kier alpha value is -1.28. The molecule has 26 heavy (non-hydrogen) atoms. The third-order valence-corrected chi connectivity index (χ3v) is 7.68. The van der Waals surface area contributed by atoms with Crippen molar-refractivity contribution < 1.29 is 29.0 Å². The van der Waals surface area contributed by atoms with Crippen LogP contribution in [0.25, 0.3) is 0 Å². The molecule has 2 aliphatic carbocycles. The summed E-state index contributed by atoms with van der Waals surface area (Å²) in [6, 6.07) is -0.700. The van der Waals surface area contributed by atoms with Crippen LogP contribution < -0.4 is 5.32 Å². The summed E-state index contributed by atoms with van der Waals surface area (Å²) in [6.45, 7) is 3.47. The lowest BCUT2D eigenvalue weighted by molar-refractivity contribution is -0.145. The van der Waals surface area contributed by atoms with Crippen LogP contribution in [0.2, 0.25) is 0 Å². The van der Waals surface area contributed by atoms with Gasteiger partial charge in [0.05, 0.1) is 7.11 Å². The van der Waals surface area contributed by atoms with E-state index in [9.17, 15) is 19.5 Å². The fourth-order valence-corrected chi connectivity index (χ4v) is 6.53. The van der Waals surface area contributed by atoms with E-state index in [1.165, 1.54) is 14.0 Å². The van der Waals surface area contributed by atoms with E-state index >= 15 is 0 Å². The Morgan fingerprint density at radius 1 is 1.46 bits per heavy atom. The average molecular weight is 385 g/mol. The van der Waals surface area contributed by atoms with Gasteiger partial charge in [-0.3, -0.25) is 9.59 Å². The summed E-state index contributed by atoms with van der Waals surface area (Å²) >= 11 is 1.58. The van der Waals surface area contributed by atoms with Crippen LogP contribution in [-0.4, -0.2) is 58.8 Å². The predicted molar refractivity (Wildman–Crippen MR) is 95.3 cm³/mol. The van der Waals surface area contributed by atoms with Crippen LogP contribution in [0.5, 0.6) is 0 Å². The van der Waals surface area contributed by atoms with Crippen LogP contribution in [0, 0.1) is 17.8 Å². The van der Waals surface area contributed by atoms with E-state index in [-0.39, 0.29) is 35.1 Å². The van der Waals surface area contributed by atoms with Gasteiger partial charge in [-0.15, -0.1) is 0 Å². The molecule has 1 aliphatic heterocycles. The van der Waals surface area contributed by atoms with Crippen molar-refractivity contribution in [3.63, 3.8) is 0 Å². The number of hydrogen-bond donors (Lipinski definition) is 2. The average Bonchev–Trinajstić information content (AvgIpc) is 3.02. The summed E-state index contributed by atoms with van der Waals surface area (Å²) in [5.74, 6) is -0.600. The zero-order valence-electron chi connectivity index (χ0n) is 15.4. The quantitative estimate of drug-likeness (QED) is 0.654.